The molecule has 1 aromatic rings. The van der Waals surface area contributed by atoms with E-state index in [-0.39, 0.29) is 19.1 Å². The summed E-state index contributed by atoms with van der Waals surface area (Å²) in [6.45, 7) is 4.30. The molecular formula is C14H21NO3. The number of aryl methyl sites for hydroxylation is 1. The number of aliphatic hydroxyl groups excluding tert-OH is 1. The third kappa shape index (κ3) is 5.19. The maximum atomic E-state index is 11.2. The van der Waals surface area contributed by atoms with E-state index in [1.54, 1.807) is 0 Å². The predicted molar refractivity (Wildman–Crippen MR) is 70.6 cm³/mol. The first kappa shape index (κ1) is 14.5. The average Bonchev–Trinajstić information content (AvgIpc) is 2.36. The fourth-order valence-corrected chi connectivity index (χ4v) is 1.51. The van der Waals surface area contributed by atoms with Gasteiger partial charge in [-0.3, -0.25) is 4.79 Å². The van der Waals surface area contributed by atoms with E-state index in [1.807, 2.05) is 38.1 Å². The first-order valence-electron chi connectivity index (χ1n) is 6.26. The fraction of sp³-hybridized carbons (Fsp3) is 0.500. The van der Waals surface area contributed by atoms with Crippen LogP contribution in [0.1, 0.15) is 25.3 Å². The molecule has 4 heteroatoms. The van der Waals surface area contributed by atoms with E-state index in [2.05, 4.69) is 5.32 Å². The molecule has 0 spiro atoms. The third-order valence-corrected chi connectivity index (χ3v) is 2.54. The summed E-state index contributed by atoms with van der Waals surface area (Å²) in [4.78, 5) is 11.2. The first-order valence-corrected chi connectivity index (χ1v) is 6.26. The van der Waals surface area contributed by atoms with Gasteiger partial charge in [0, 0.05) is 13.0 Å². The summed E-state index contributed by atoms with van der Waals surface area (Å²) < 4.78 is 5.49. The van der Waals surface area contributed by atoms with Gasteiger partial charge in [-0.25, -0.2) is 0 Å². The summed E-state index contributed by atoms with van der Waals surface area (Å²) in [5, 5.41) is 12.3. The van der Waals surface area contributed by atoms with Crippen molar-refractivity contribution in [3.05, 3.63) is 29.8 Å². The maximum Gasteiger partial charge on any atom is 0.220 e. The molecule has 1 atom stereocenters. The zero-order valence-corrected chi connectivity index (χ0v) is 11.0. The average molecular weight is 251 g/mol. The summed E-state index contributed by atoms with van der Waals surface area (Å²) >= 11 is 0. The molecule has 0 fully saturated rings. The van der Waals surface area contributed by atoms with Gasteiger partial charge in [0.25, 0.3) is 0 Å². The Morgan fingerprint density at radius 1 is 1.44 bits per heavy atom. The molecule has 18 heavy (non-hydrogen) atoms. The maximum absolute atomic E-state index is 11.2. The molecule has 2 N–H and O–H groups in total. The summed E-state index contributed by atoms with van der Waals surface area (Å²) in [5.41, 5.74) is 1.03. The molecule has 0 heterocycles. The fourth-order valence-electron chi connectivity index (χ4n) is 1.51. The quantitative estimate of drug-likeness (QED) is 0.774. The molecule has 1 unspecified atom stereocenters. The molecule has 1 rings (SSSR count). The number of carbonyl (C=O) groups excluding carboxylic acids is 1. The number of hydrogen-bond donors (Lipinski definition) is 2. The molecule has 0 aliphatic heterocycles. The van der Waals surface area contributed by atoms with Crippen LogP contribution in [-0.2, 0) is 4.79 Å². The second-order valence-electron chi connectivity index (χ2n) is 4.28. The van der Waals surface area contributed by atoms with Crippen molar-refractivity contribution < 1.29 is 14.6 Å². The van der Waals surface area contributed by atoms with Crippen LogP contribution in [0.25, 0.3) is 0 Å². The topological polar surface area (TPSA) is 58.6 Å². The molecular weight excluding hydrogens is 230 g/mol. The largest absolute Gasteiger partial charge is 0.491 e. The van der Waals surface area contributed by atoms with Crippen LogP contribution in [0, 0.1) is 6.92 Å². The second-order valence-corrected chi connectivity index (χ2v) is 4.28. The van der Waals surface area contributed by atoms with Gasteiger partial charge in [-0.15, -0.1) is 0 Å². The van der Waals surface area contributed by atoms with Gasteiger partial charge >= 0.3 is 0 Å². The molecule has 0 saturated carbocycles. The second kappa shape index (κ2) is 7.71. The minimum atomic E-state index is -0.689. The van der Waals surface area contributed by atoms with Gasteiger partial charge in [0.1, 0.15) is 18.5 Å². The lowest BCUT2D eigenvalue weighted by atomic mass is 10.2. The van der Waals surface area contributed by atoms with E-state index in [9.17, 15) is 9.90 Å². The SMILES string of the molecule is CCCC(=O)NCC(O)COc1ccccc1C. The van der Waals surface area contributed by atoms with Crippen molar-refractivity contribution in [2.24, 2.45) is 0 Å². The number of benzene rings is 1. The lowest BCUT2D eigenvalue weighted by molar-refractivity contribution is -0.121. The Balaban J connectivity index is 2.27. The number of hydrogen-bond acceptors (Lipinski definition) is 3. The van der Waals surface area contributed by atoms with E-state index in [1.165, 1.54) is 0 Å². The first-order chi connectivity index (χ1) is 8.63. The van der Waals surface area contributed by atoms with Gasteiger partial charge in [-0.2, -0.15) is 0 Å². The van der Waals surface area contributed by atoms with Crippen LogP contribution in [0.3, 0.4) is 0 Å². The highest BCUT2D eigenvalue weighted by Gasteiger charge is 2.08. The van der Waals surface area contributed by atoms with Gasteiger partial charge in [0.2, 0.25) is 5.91 Å². The lowest BCUT2D eigenvalue weighted by Gasteiger charge is -2.14. The number of carbonyl (C=O) groups is 1. The highest BCUT2D eigenvalue weighted by Crippen LogP contribution is 2.16. The van der Waals surface area contributed by atoms with Crippen molar-refractivity contribution in [2.75, 3.05) is 13.2 Å². The Kier molecular flexibility index (Phi) is 6.22. The Hall–Kier alpha value is -1.55. The Labute approximate surface area is 108 Å². The Morgan fingerprint density at radius 2 is 2.17 bits per heavy atom. The molecule has 0 aliphatic rings. The number of para-hydroxylation sites is 1. The molecule has 0 aromatic heterocycles. The number of aliphatic hydroxyl groups is 1. The highest BCUT2D eigenvalue weighted by molar-refractivity contribution is 5.75. The van der Waals surface area contributed by atoms with Gasteiger partial charge < -0.3 is 15.2 Å². The van der Waals surface area contributed by atoms with Gasteiger partial charge in [0.05, 0.1) is 0 Å². The van der Waals surface area contributed by atoms with E-state index in [0.29, 0.717) is 6.42 Å². The summed E-state index contributed by atoms with van der Waals surface area (Å²) in [5.74, 6) is 0.726. The Bertz CT molecular complexity index is 379. The van der Waals surface area contributed by atoms with Crippen molar-refractivity contribution in [1.29, 1.82) is 0 Å². The molecule has 0 aliphatic carbocycles. The van der Waals surface area contributed by atoms with Crippen LogP contribution in [-0.4, -0.2) is 30.3 Å². The summed E-state index contributed by atoms with van der Waals surface area (Å²) in [6, 6.07) is 7.63. The summed E-state index contributed by atoms with van der Waals surface area (Å²) in [6.07, 6.45) is 0.609. The smallest absolute Gasteiger partial charge is 0.220 e. The zero-order chi connectivity index (χ0) is 13.4. The van der Waals surface area contributed by atoms with Crippen LogP contribution in [0.4, 0.5) is 0 Å². The number of nitrogens with one attached hydrogen (secondary N) is 1. The molecule has 1 amide bonds. The van der Waals surface area contributed by atoms with Crippen molar-refractivity contribution >= 4 is 5.91 Å². The van der Waals surface area contributed by atoms with Crippen LogP contribution in [0.2, 0.25) is 0 Å². The summed E-state index contributed by atoms with van der Waals surface area (Å²) in [7, 11) is 0. The van der Waals surface area contributed by atoms with Crippen LogP contribution in [0.5, 0.6) is 5.75 Å². The standard InChI is InChI=1S/C14H21NO3/c1-3-6-14(17)15-9-12(16)10-18-13-8-5-4-7-11(13)2/h4-5,7-8,12,16H,3,6,9-10H2,1-2H3,(H,15,17). The number of rotatable bonds is 7. The zero-order valence-electron chi connectivity index (χ0n) is 11.0. The van der Waals surface area contributed by atoms with Crippen molar-refractivity contribution in [3.8, 4) is 5.75 Å². The van der Waals surface area contributed by atoms with Gasteiger partial charge in [0.15, 0.2) is 0 Å². The van der Waals surface area contributed by atoms with Gasteiger partial charge in [-0.05, 0) is 25.0 Å². The molecule has 0 saturated heterocycles. The lowest BCUT2D eigenvalue weighted by Crippen LogP contribution is -2.35. The highest BCUT2D eigenvalue weighted by atomic mass is 16.5. The third-order valence-electron chi connectivity index (χ3n) is 2.54. The number of amides is 1. The minimum Gasteiger partial charge on any atom is -0.491 e. The predicted octanol–water partition coefficient (Wildman–Crippen LogP) is 1.65. The van der Waals surface area contributed by atoms with Crippen LogP contribution in [0.15, 0.2) is 24.3 Å². The number of ether oxygens (including phenoxy) is 1. The van der Waals surface area contributed by atoms with E-state index in [0.717, 1.165) is 17.7 Å². The van der Waals surface area contributed by atoms with Crippen molar-refractivity contribution in [1.82, 2.24) is 5.32 Å². The van der Waals surface area contributed by atoms with E-state index in [4.69, 9.17) is 4.74 Å². The van der Waals surface area contributed by atoms with Crippen LogP contribution < -0.4 is 10.1 Å². The molecule has 0 radical (unpaired) electrons. The Morgan fingerprint density at radius 3 is 2.83 bits per heavy atom. The monoisotopic (exact) mass is 251 g/mol. The van der Waals surface area contributed by atoms with E-state index >= 15 is 0 Å². The van der Waals surface area contributed by atoms with Crippen molar-refractivity contribution in [3.63, 3.8) is 0 Å². The van der Waals surface area contributed by atoms with Crippen LogP contribution >= 0.6 is 0 Å². The normalized spacial score (nSPS) is 11.9. The molecule has 1 aromatic carbocycles. The van der Waals surface area contributed by atoms with E-state index < -0.39 is 6.10 Å². The van der Waals surface area contributed by atoms with Gasteiger partial charge in [-0.1, -0.05) is 25.1 Å². The molecule has 4 nitrogen and oxygen atoms in total. The molecule has 100 valence electrons. The minimum absolute atomic E-state index is 0.0348. The molecule has 0 bridgehead atoms. The van der Waals surface area contributed by atoms with Crippen molar-refractivity contribution in [2.45, 2.75) is 32.8 Å².